The molecule has 1 aromatic heterocycles. The molecule has 3 aromatic carbocycles. The largest absolute Gasteiger partial charge is 0.322 e. The number of nitrogens with one attached hydrogen (secondary N) is 1. The first kappa shape index (κ1) is 24.5. The van der Waals surface area contributed by atoms with Crippen LogP contribution in [0.5, 0.6) is 0 Å². The minimum atomic E-state index is -3.96. The fourth-order valence-electron chi connectivity index (χ4n) is 3.83. The van der Waals surface area contributed by atoms with E-state index < -0.39 is 10.0 Å². The van der Waals surface area contributed by atoms with Crippen LogP contribution < -0.4 is 9.62 Å². The summed E-state index contributed by atoms with van der Waals surface area (Å²) in [6.07, 6.45) is 0. The molecule has 180 valence electrons. The highest BCUT2D eigenvalue weighted by molar-refractivity contribution is 7.93. The Labute approximate surface area is 210 Å². The van der Waals surface area contributed by atoms with Crippen LogP contribution in [0.25, 0.3) is 5.69 Å². The molecule has 7 nitrogen and oxygen atoms in total. The van der Waals surface area contributed by atoms with Crippen molar-refractivity contribution in [3.8, 4) is 5.69 Å². The van der Waals surface area contributed by atoms with Gasteiger partial charge in [0, 0.05) is 23.5 Å². The number of amides is 1. The highest BCUT2D eigenvalue weighted by Gasteiger charge is 2.26. The third-order valence-corrected chi connectivity index (χ3v) is 7.86. The normalized spacial score (nSPS) is 11.3. The molecular formula is C26H25ClN4O3S. The van der Waals surface area contributed by atoms with Crippen LogP contribution in [0.3, 0.4) is 0 Å². The van der Waals surface area contributed by atoms with E-state index in [1.165, 1.54) is 16.4 Å². The lowest BCUT2D eigenvalue weighted by Gasteiger charge is -2.23. The molecule has 0 saturated heterocycles. The number of rotatable bonds is 7. The Balaban J connectivity index is 1.58. The summed E-state index contributed by atoms with van der Waals surface area (Å²) >= 11 is 6.29. The Hall–Kier alpha value is -3.62. The highest BCUT2D eigenvalue weighted by atomic mass is 35.5. The van der Waals surface area contributed by atoms with E-state index in [4.69, 9.17) is 11.6 Å². The molecule has 0 radical (unpaired) electrons. The van der Waals surface area contributed by atoms with Gasteiger partial charge in [-0.2, -0.15) is 5.10 Å². The maximum atomic E-state index is 13.4. The van der Waals surface area contributed by atoms with Crippen LogP contribution >= 0.6 is 11.6 Å². The average Bonchev–Trinajstić information content (AvgIpc) is 3.19. The van der Waals surface area contributed by atoms with E-state index in [0.29, 0.717) is 16.9 Å². The molecule has 1 amide bonds. The zero-order valence-electron chi connectivity index (χ0n) is 19.6. The molecule has 0 aliphatic rings. The summed E-state index contributed by atoms with van der Waals surface area (Å²) in [5.74, 6) is -0.369. The SMILES string of the molecule is CCN(c1ccccc1)S(=O)(=O)c1cc(NC(=O)c2ccc(-n3nc(C)cc3C)cc2)ccc1Cl. The number of sulfonamides is 1. The summed E-state index contributed by atoms with van der Waals surface area (Å²) in [5, 5.41) is 7.29. The number of aryl methyl sites for hydroxylation is 2. The first-order chi connectivity index (χ1) is 16.7. The number of hydrogen-bond acceptors (Lipinski definition) is 4. The van der Waals surface area contributed by atoms with Crippen LogP contribution in [0.1, 0.15) is 28.7 Å². The maximum Gasteiger partial charge on any atom is 0.265 e. The first-order valence-electron chi connectivity index (χ1n) is 11.0. The number of anilines is 2. The number of carbonyl (C=O) groups excluding carboxylic acids is 1. The van der Waals surface area contributed by atoms with Gasteiger partial charge in [0.1, 0.15) is 4.90 Å². The third kappa shape index (κ3) is 5.08. The van der Waals surface area contributed by atoms with Gasteiger partial charge in [0.05, 0.1) is 22.1 Å². The summed E-state index contributed by atoms with van der Waals surface area (Å²) in [4.78, 5) is 12.8. The second-order valence-corrected chi connectivity index (χ2v) is 10.2. The molecule has 1 N–H and O–H groups in total. The van der Waals surface area contributed by atoms with Crippen molar-refractivity contribution in [1.29, 1.82) is 0 Å². The van der Waals surface area contributed by atoms with Crippen molar-refractivity contribution in [3.63, 3.8) is 0 Å². The molecule has 0 fully saturated rings. The molecule has 0 aliphatic heterocycles. The predicted octanol–water partition coefficient (Wildman–Crippen LogP) is 5.61. The fraction of sp³-hybridized carbons (Fsp3) is 0.154. The number of benzene rings is 3. The van der Waals surface area contributed by atoms with Gasteiger partial charge in [-0.15, -0.1) is 0 Å². The van der Waals surface area contributed by atoms with Gasteiger partial charge in [-0.25, -0.2) is 13.1 Å². The van der Waals surface area contributed by atoms with Crippen LogP contribution in [0.4, 0.5) is 11.4 Å². The topological polar surface area (TPSA) is 84.3 Å². The zero-order chi connectivity index (χ0) is 25.2. The number of aromatic nitrogens is 2. The lowest BCUT2D eigenvalue weighted by atomic mass is 10.2. The fourth-order valence-corrected chi connectivity index (χ4v) is 5.81. The van der Waals surface area contributed by atoms with Crippen LogP contribution in [0.15, 0.2) is 83.8 Å². The Kier molecular flexibility index (Phi) is 6.95. The van der Waals surface area contributed by atoms with Gasteiger partial charge in [-0.05, 0) is 81.4 Å². The standard InChI is InChI=1S/C26H25ClN4O3S/c1-4-30(22-8-6-5-7-9-22)35(33,34)25-17-21(12-15-24(25)27)28-26(32)20-10-13-23(14-11-20)31-19(3)16-18(2)29-31/h5-17H,4H2,1-3H3,(H,28,32). The number of hydrogen-bond donors (Lipinski definition) is 1. The summed E-state index contributed by atoms with van der Waals surface area (Å²) < 4.78 is 29.9. The van der Waals surface area contributed by atoms with E-state index in [1.54, 1.807) is 54.1 Å². The number of nitrogens with zero attached hydrogens (tertiary/aromatic N) is 3. The molecule has 0 bridgehead atoms. The van der Waals surface area contributed by atoms with Crippen molar-refractivity contribution < 1.29 is 13.2 Å². The van der Waals surface area contributed by atoms with Gasteiger partial charge in [0.15, 0.2) is 0 Å². The Morgan fingerprint density at radius 1 is 1.00 bits per heavy atom. The molecule has 0 unspecified atom stereocenters. The molecule has 0 spiro atoms. The predicted molar refractivity (Wildman–Crippen MR) is 139 cm³/mol. The summed E-state index contributed by atoms with van der Waals surface area (Å²) in [5.41, 5.74) is 4.02. The van der Waals surface area contributed by atoms with Gasteiger partial charge in [0.2, 0.25) is 0 Å². The lowest BCUT2D eigenvalue weighted by Crippen LogP contribution is -2.31. The monoisotopic (exact) mass is 508 g/mol. The van der Waals surface area contributed by atoms with E-state index in [2.05, 4.69) is 10.4 Å². The Bertz CT molecular complexity index is 1470. The van der Waals surface area contributed by atoms with Crippen LogP contribution in [0.2, 0.25) is 5.02 Å². The van der Waals surface area contributed by atoms with Gasteiger partial charge >= 0.3 is 0 Å². The molecule has 0 aliphatic carbocycles. The smallest absolute Gasteiger partial charge is 0.265 e. The molecule has 0 atom stereocenters. The minimum absolute atomic E-state index is 0.0756. The molecule has 4 aromatic rings. The van der Waals surface area contributed by atoms with Crippen molar-refractivity contribution in [2.45, 2.75) is 25.7 Å². The molecule has 4 rings (SSSR count). The van der Waals surface area contributed by atoms with Crippen LogP contribution in [-0.2, 0) is 10.0 Å². The summed E-state index contributed by atoms with van der Waals surface area (Å²) in [6, 6.07) is 22.2. The molecule has 1 heterocycles. The van der Waals surface area contributed by atoms with Gasteiger partial charge in [-0.1, -0.05) is 29.8 Å². The average molecular weight is 509 g/mol. The van der Waals surface area contributed by atoms with Gasteiger partial charge in [-0.3, -0.25) is 9.10 Å². The van der Waals surface area contributed by atoms with Gasteiger partial charge < -0.3 is 5.32 Å². The van der Waals surface area contributed by atoms with E-state index in [0.717, 1.165) is 17.1 Å². The van der Waals surface area contributed by atoms with Crippen molar-refractivity contribution in [2.24, 2.45) is 0 Å². The zero-order valence-corrected chi connectivity index (χ0v) is 21.1. The first-order valence-corrected chi connectivity index (χ1v) is 12.8. The quantitative estimate of drug-likeness (QED) is 0.351. The third-order valence-electron chi connectivity index (χ3n) is 5.47. The van der Waals surface area contributed by atoms with Crippen molar-refractivity contribution in [3.05, 3.63) is 101 Å². The van der Waals surface area contributed by atoms with Crippen molar-refractivity contribution in [1.82, 2.24) is 9.78 Å². The summed E-state index contributed by atoms with van der Waals surface area (Å²) in [7, 11) is -3.96. The number of halogens is 1. The number of carbonyl (C=O) groups is 1. The van der Waals surface area contributed by atoms with Gasteiger partial charge in [0.25, 0.3) is 15.9 Å². The lowest BCUT2D eigenvalue weighted by molar-refractivity contribution is 0.102. The maximum absolute atomic E-state index is 13.4. The second kappa shape index (κ2) is 9.93. The van der Waals surface area contributed by atoms with Crippen LogP contribution in [0, 0.1) is 13.8 Å². The van der Waals surface area contributed by atoms with Crippen molar-refractivity contribution in [2.75, 3.05) is 16.2 Å². The van der Waals surface area contributed by atoms with E-state index in [-0.39, 0.29) is 22.4 Å². The van der Waals surface area contributed by atoms with E-state index in [1.807, 2.05) is 38.1 Å². The Morgan fingerprint density at radius 3 is 2.29 bits per heavy atom. The summed E-state index contributed by atoms with van der Waals surface area (Å²) in [6.45, 7) is 5.86. The van der Waals surface area contributed by atoms with Crippen LogP contribution in [-0.4, -0.2) is 30.7 Å². The minimum Gasteiger partial charge on any atom is -0.322 e. The molecule has 9 heteroatoms. The second-order valence-electron chi connectivity index (χ2n) is 7.99. The molecule has 35 heavy (non-hydrogen) atoms. The highest BCUT2D eigenvalue weighted by Crippen LogP contribution is 2.30. The van der Waals surface area contributed by atoms with E-state index in [9.17, 15) is 13.2 Å². The molecule has 0 saturated carbocycles. The number of para-hydroxylation sites is 1. The Morgan fingerprint density at radius 2 is 1.69 bits per heavy atom. The molecular weight excluding hydrogens is 484 g/mol. The van der Waals surface area contributed by atoms with E-state index >= 15 is 0 Å². The van der Waals surface area contributed by atoms with Crippen molar-refractivity contribution >= 4 is 38.9 Å².